The summed E-state index contributed by atoms with van der Waals surface area (Å²) in [6, 6.07) is 7.05. The predicted molar refractivity (Wildman–Crippen MR) is 134 cm³/mol. The Bertz CT molecular complexity index is 927. The van der Waals surface area contributed by atoms with Crippen molar-refractivity contribution in [1.29, 1.82) is 0 Å². The van der Waals surface area contributed by atoms with E-state index in [0.717, 1.165) is 0 Å². The largest absolute Gasteiger partial charge is 0.467 e. The average Bonchev–Trinajstić information content (AvgIpc) is 2.79. The molecule has 0 unspecified atom stereocenters. The van der Waals surface area contributed by atoms with Crippen LogP contribution in [0.5, 0.6) is 5.75 Å². The number of ether oxygens (including phenoxy) is 3. The highest BCUT2D eigenvalue weighted by Crippen LogP contribution is 2.28. The van der Waals surface area contributed by atoms with Gasteiger partial charge in [-0.1, -0.05) is 32.0 Å². The SMILES string of the molecule is COC(=O)[C@H]1CN(CCC(C)(C)[C@H](NC(=O)Oc2ccccc2)C(C)=O)CCN1C(=O)OC(C)(C)C. The van der Waals surface area contributed by atoms with Crippen molar-refractivity contribution < 1.29 is 33.4 Å². The molecular weight excluding hydrogens is 466 g/mol. The number of Topliss-reactive ketones (excluding diaryl/α,β-unsaturated/α-hetero) is 1. The molecule has 1 aromatic carbocycles. The first-order valence-electron chi connectivity index (χ1n) is 12.1. The van der Waals surface area contributed by atoms with Crippen molar-refractivity contribution in [1.82, 2.24) is 15.1 Å². The second-order valence-electron chi connectivity index (χ2n) is 10.6. The first-order chi connectivity index (χ1) is 16.7. The fraction of sp³-hybridized carbons (Fsp3) is 0.615. The summed E-state index contributed by atoms with van der Waals surface area (Å²) < 4.78 is 15.7. The van der Waals surface area contributed by atoms with Crippen molar-refractivity contribution in [3.05, 3.63) is 30.3 Å². The molecule has 0 aliphatic carbocycles. The Labute approximate surface area is 213 Å². The van der Waals surface area contributed by atoms with E-state index in [0.29, 0.717) is 31.8 Å². The van der Waals surface area contributed by atoms with Gasteiger partial charge in [-0.2, -0.15) is 0 Å². The van der Waals surface area contributed by atoms with Crippen LogP contribution in [0.4, 0.5) is 9.59 Å². The third-order valence-corrected chi connectivity index (χ3v) is 6.04. The van der Waals surface area contributed by atoms with Crippen LogP contribution in [-0.4, -0.2) is 84.7 Å². The second kappa shape index (κ2) is 12.2. The molecule has 1 N–H and O–H groups in total. The maximum Gasteiger partial charge on any atom is 0.413 e. The van der Waals surface area contributed by atoms with Crippen molar-refractivity contribution in [3.8, 4) is 5.75 Å². The van der Waals surface area contributed by atoms with Gasteiger partial charge in [-0.25, -0.2) is 14.4 Å². The minimum absolute atomic E-state index is 0.188. The van der Waals surface area contributed by atoms with Crippen LogP contribution in [0.25, 0.3) is 0 Å². The van der Waals surface area contributed by atoms with Gasteiger partial charge in [0, 0.05) is 19.6 Å². The van der Waals surface area contributed by atoms with Crippen molar-refractivity contribution in [3.63, 3.8) is 0 Å². The third-order valence-electron chi connectivity index (χ3n) is 6.04. The molecule has 10 nitrogen and oxygen atoms in total. The molecule has 1 aliphatic rings. The van der Waals surface area contributed by atoms with Gasteiger partial charge >= 0.3 is 18.2 Å². The summed E-state index contributed by atoms with van der Waals surface area (Å²) in [7, 11) is 1.29. The zero-order valence-corrected chi connectivity index (χ0v) is 22.3. The van der Waals surface area contributed by atoms with Crippen LogP contribution in [-0.2, 0) is 19.1 Å². The number of amides is 2. The van der Waals surface area contributed by atoms with Crippen LogP contribution >= 0.6 is 0 Å². The van der Waals surface area contributed by atoms with E-state index in [1.54, 1.807) is 45.0 Å². The number of nitrogens with one attached hydrogen (secondary N) is 1. The topological polar surface area (TPSA) is 114 Å². The lowest BCUT2D eigenvalue weighted by Gasteiger charge is -2.41. The molecule has 1 aliphatic heterocycles. The molecule has 0 saturated carbocycles. The van der Waals surface area contributed by atoms with Gasteiger partial charge in [0.2, 0.25) is 0 Å². The van der Waals surface area contributed by atoms with Crippen molar-refractivity contribution >= 4 is 23.9 Å². The Morgan fingerprint density at radius 3 is 2.25 bits per heavy atom. The lowest BCUT2D eigenvalue weighted by Crippen LogP contribution is -2.59. The minimum atomic E-state index is -0.802. The molecule has 0 bridgehead atoms. The maximum absolute atomic E-state index is 12.7. The van der Waals surface area contributed by atoms with Gasteiger partial charge in [0.05, 0.1) is 13.2 Å². The summed E-state index contributed by atoms with van der Waals surface area (Å²) in [6.45, 7) is 12.2. The van der Waals surface area contributed by atoms with Crippen molar-refractivity contribution in [2.75, 3.05) is 33.3 Å². The number of carbonyl (C=O) groups is 4. The number of piperazine rings is 1. The molecule has 2 rings (SSSR count). The third kappa shape index (κ3) is 8.51. The van der Waals surface area contributed by atoms with Gasteiger partial charge in [0.1, 0.15) is 17.4 Å². The molecule has 2 atom stereocenters. The van der Waals surface area contributed by atoms with Gasteiger partial charge in [-0.05, 0) is 58.2 Å². The summed E-state index contributed by atoms with van der Waals surface area (Å²) in [5.74, 6) is -0.323. The first-order valence-corrected chi connectivity index (χ1v) is 12.1. The Morgan fingerprint density at radius 2 is 1.69 bits per heavy atom. The molecule has 1 saturated heterocycles. The summed E-state index contributed by atoms with van der Waals surface area (Å²) in [5, 5.41) is 2.70. The first kappa shape index (κ1) is 29.1. The number of esters is 1. The minimum Gasteiger partial charge on any atom is -0.467 e. The highest BCUT2D eigenvalue weighted by molar-refractivity contribution is 5.86. The zero-order valence-electron chi connectivity index (χ0n) is 22.3. The van der Waals surface area contributed by atoms with Gasteiger partial charge in [-0.3, -0.25) is 14.6 Å². The second-order valence-corrected chi connectivity index (χ2v) is 10.6. The van der Waals surface area contributed by atoms with E-state index in [9.17, 15) is 19.2 Å². The number of carbonyl (C=O) groups excluding carboxylic acids is 4. The van der Waals surface area contributed by atoms with Gasteiger partial charge < -0.3 is 19.5 Å². The van der Waals surface area contributed by atoms with E-state index in [2.05, 4.69) is 5.32 Å². The number of hydrogen-bond donors (Lipinski definition) is 1. The highest BCUT2D eigenvalue weighted by Gasteiger charge is 2.40. The molecule has 0 radical (unpaired) electrons. The van der Waals surface area contributed by atoms with Crippen LogP contribution in [0.2, 0.25) is 0 Å². The summed E-state index contributed by atoms with van der Waals surface area (Å²) in [5.41, 5.74) is -1.29. The Morgan fingerprint density at radius 1 is 1.06 bits per heavy atom. The molecule has 1 aromatic rings. The molecular formula is C26H39N3O7. The normalized spacial score (nSPS) is 17.6. The Balaban J connectivity index is 2.02. The van der Waals surface area contributed by atoms with Crippen LogP contribution < -0.4 is 10.1 Å². The van der Waals surface area contributed by atoms with Crippen LogP contribution in [0, 0.1) is 5.41 Å². The van der Waals surface area contributed by atoms with Crippen LogP contribution in [0.15, 0.2) is 30.3 Å². The van der Waals surface area contributed by atoms with E-state index >= 15 is 0 Å². The number of para-hydroxylation sites is 1. The monoisotopic (exact) mass is 505 g/mol. The fourth-order valence-electron chi connectivity index (χ4n) is 4.10. The summed E-state index contributed by atoms with van der Waals surface area (Å²) in [6.07, 6.45) is -0.717. The molecule has 10 heteroatoms. The lowest BCUT2D eigenvalue weighted by atomic mass is 9.79. The van der Waals surface area contributed by atoms with Gasteiger partial charge in [0.25, 0.3) is 0 Å². The number of nitrogens with zero attached hydrogens (tertiary/aromatic N) is 2. The molecule has 36 heavy (non-hydrogen) atoms. The molecule has 2 amide bonds. The van der Waals surface area contributed by atoms with E-state index < -0.39 is 41.3 Å². The number of ketones is 1. The zero-order chi connectivity index (χ0) is 27.1. The molecule has 1 heterocycles. The number of methoxy groups -OCH3 is 1. The highest BCUT2D eigenvalue weighted by atomic mass is 16.6. The Hall–Kier alpha value is -3.14. The van der Waals surface area contributed by atoms with Crippen LogP contribution in [0.1, 0.15) is 48.0 Å². The number of rotatable bonds is 8. The molecule has 1 fully saturated rings. The maximum atomic E-state index is 12.7. The van der Waals surface area contributed by atoms with E-state index in [1.165, 1.54) is 18.9 Å². The predicted octanol–water partition coefficient (Wildman–Crippen LogP) is 3.24. The number of hydrogen-bond acceptors (Lipinski definition) is 8. The van der Waals surface area contributed by atoms with Gasteiger partial charge in [0.15, 0.2) is 5.78 Å². The Kier molecular flexibility index (Phi) is 9.86. The summed E-state index contributed by atoms with van der Waals surface area (Å²) in [4.78, 5) is 53.4. The smallest absolute Gasteiger partial charge is 0.413 e. The molecule has 200 valence electrons. The van der Waals surface area contributed by atoms with Crippen molar-refractivity contribution in [2.24, 2.45) is 5.41 Å². The van der Waals surface area contributed by atoms with E-state index in [-0.39, 0.29) is 12.3 Å². The molecule has 0 aromatic heterocycles. The van der Waals surface area contributed by atoms with Crippen molar-refractivity contribution in [2.45, 2.75) is 65.6 Å². The summed E-state index contributed by atoms with van der Waals surface area (Å²) >= 11 is 0. The number of benzene rings is 1. The molecule has 0 spiro atoms. The lowest BCUT2D eigenvalue weighted by molar-refractivity contribution is -0.149. The average molecular weight is 506 g/mol. The quantitative estimate of drug-likeness (QED) is 0.536. The van der Waals surface area contributed by atoms with Crippen LogP contribution in [0.3, 0.4) is 0 Å². The van der Waals surface area contributed by atoms with E-state index in [4.69, 9.17) is 14.2 Å². The van der Waals surface area contributed by atoms with E-state index in [1.807, 2.05) is 24.8 Å². The van der Waals surface area contributed by atoms with Gasteiger partial charge in [-0.15, -0.1) is 0 Å². The fourth-order valence-corrected chi connectivity index (χ4v) is 4.10. The standard InChI is InChI=1S/C26H39N3O7/c1-18(30)21(27-23(32)35-19-11-9-8-10-12-19)26(5,6)13-14-28-15-16-29(20(17-28)22(31)34-7)24(33)36-25(2,3)4/h8-12,20-21H,13-17H2,1-7H3,(H,27,32)/t20-,21-/m1/s1.